The lowest BCUT2D eigenvalue weighted by Crippen LogP contribution is -2.20. The molecule has 1 unspecified atom stereocenters. The fourth-order valence-electron chi connectivity index (χ4n) is 5.16. The number of aromatic nitrogens is 2. The molecule has 4 rings (SSSR count). The van der Waals surface area contributed by atoms with Gasteiger partial charge in [0.2, 0.25) is 0 Å². The summed E-state index contributed by atoms with van der Waals surface area (Å²) in [6, 6.07) is 6.00. The summed E-state index contributed by atoms with van der Waals surface area (Å²) in [5, 5.41) is 9.13. The Morgan fingerprint density at radius 1 is 1.00 bits per heavy atom. The van der Waals surface area contributed by atoms with Crippen LogP contribution in [-0.4, -0.2) is 20.9 Å². The van der Waals surface area contributed by atoms with E-state index < -0.39 is 35.3 Å². The van der Waals surface area contributed by atoms with E-state index in [-0.39, 0.29) is 23.5 Å². The number of aliphatic hydroxyl groups excluding tert-OH is 1. The Balaban J connectivity index is 1.64. The minimum Gasteiger partial charge on any atom is -0.392 e. The second kappa shape index (κ2) is 10.1. The largest absolute Gasteiger partial charge is 0.392 e. The van der Waals surface area contributed by atoms with Crippen molar-refractivity contribution >= 4 is 5.78 Å². The van der Waals surface area contributed by atoms with Gasteiger partial charge in [-0.3, -0.25) is 9.78 Å². The molecule has 1 aliphatic rings. The first-order valence-corrected chi connectivity index (χ1v) is 11.5. The second-order valence-corrected chi connectivity index (χ2v) is 9.41. The lowest BCUT2D eigenvalue weighted by Gasteiger charge is -2.32. The zero-order chi connectivity index (χ0) is 24.4. The average Bonchev–Trinajstić information content (AvgIpc) is 2.79. The molecule has 0 amide bonds. The van der Waals surface area contributed by atoms with E-state index in [1.165, 1.54) is 12.5 Å². The molecule has 0 saturated heterocycles. The standard InChI is InChI=1S/C27H27F3N2O2/c1-15-7-16(2)9-18(8-15)20-5-6-31-13-19(20)12-25(34)24-4-3-21(28)27(32-24)26-22(29)10-17(14-33)11-23(26)30/h3-6,10-11,13,15-16,18,33H,7-9,12,14H2,1-2H3/t15-,16+,18?. The van der Waals surface area contributed by atoms with Crippen LogP contribution in [0.1, 0.15) is 66.2 Å². The third-order valence-electron chi connectivity index (χ3n) is 6.56. The number of carbonyl (C=O) groups excluding carboxylic acids is 1. The Bertz CT molecular complexity index is 1180. The van der Waals surface area contributed by atoms with Crippen LogP contribution in [0.3, 0.4) is 0 Å². The average molecular weight is 469 g/mol. The molecule has 0 radical (unpaired) electrons. The fraction of sp³-hybridized carbons (Fsp3) is 0.370. The number of pyridine rings is 2. The van der Waals surface area contributed by atoms with Crippen LogP contribution in [0.4, 0.5) is 13.2 Å². The second-order valence-electron chi connectivity index (χ2n) is 9.41. The van der Waals surface area contributed by atoms with Gasteiger partial charge in [0.25, 0.3) is 0 Å². The van der Waals surface area contributed by atoms with Gasteiger partial charge < -0.3 is 5.11 Å². The maximum absolute atomic E-state index is 14.5. The highest BCUT2D eigenvalue weighted by molar-refractivity contribution is 5.96. The monoisotopic (exact) mass is 468 g/mol. The van der Waals surface area contributed by atoms with Crippen LogP contribution >= 0.6 is 0 Å². The maximum atomic E-state index is 14.5. The maximum Gasteiger partial charge on any atom is 0.185 e. The molecule has 0 spiro atoms. The van der Waals surface area contributed by atoms with Crippen molar-refractivity contribution in [3.63, 3.8) is 0 Å². The van der Waals surface area contributed by atoms with Crippen molar-refractivity contribution in [3.05, 3.63) is 82.6 Å². The molecule has 1 fully saturated rings. The molecule has 1 saturated carbocycles. The minimum atomic E-state index is -1.06. The molecule has 2 heterocycles. The number of nitrogens with zero attached hydrogens (tertiary/aromatic N) is 2. The number of carbonyl (C=O) groups is 1. The van der Waals surface area contributed by atoms with E-state index >= 15 is 0 Å². The Morgan fingerprint density at radius 3 is 2.32 bits per heavy atom. The molecule has 0 bridgehead atoms. The molecule has 3 aromatic rings. The van der Waals surface area contributed by atoms with Crippen molar-refractivity contribution in [3.8, 4) is 11.3 Å². The number of benzene rings is 1. The molecular weight excluding hydrogens is 441 g/mol. The molecule has 1 aliphatic carbocycles. The third kappa shape index (κ3) is 5.04. The van der Waals surface area contributed by atoms with Crippen LogP contribution in [0, 0.1) is 29.3 Å². The van der Waals surface area contributed by atoms with Gasteiger partial charge in [-0.1, -0.05) is 13.8 Å². The van der Waals surface area contributed by atoms with Crippen LogP contribution in [0.15, 0.2) is 42.7 Å². The Hall–Kier alpha value is -3.06. The Kier molecular flexibility index (Phi) is 7.12. The van der Waals surface area contributed by atoms with E-state index in [0.717, 1.165) is 42.2 Å². The van der Waals surface area contributed by atoms with Gasteiger partial charge in [0.1, 0.15) is 28.8 Å². The SMILES string of the molecule is C[C@@H]1CC(c2ccncc2CC(=O)c2ccc(F)c(-c3c(F)cc(CO)cc3F)n2)C[C@H](C)C1. The smallest absolute Gasteiger partial charge is 0.185 e. The van der Waals surface area contributed by atoms with Crippen molar-refractivity contribution < 1.29 is 23.1 Å². The van der Waals surface area contributed by atoms with Crippen molar-refractivity contribution in [1.29, 1.82) is 0 Å². The van der Waals surface area contributed by atoms with Gasteiger partial charge in [-0.15, -0.1) is 0 Å². The summed E-state index contributed by atoms with van der Waals surface area (Å²) in [4.78, 5) is 21.3. The topological polar surface area (TPSA) is 63.1 Å². The van der Waals surface area contributed by atoms with E-state index in [2.05, 4.69) is 23.8 Å². The molecule has 4 nitrogen and oxygen atoms in total. The van der Waals surface area contributed by atoms with E-state index in [9.17, 15) is 18.0 Å². The summed E-state index contributed by atoms with van der Waals surface area (Å²) in [6.45, 7) is 3.92. The molecule has 0 aliphatic heterocycles. The molecule has 34 heavy (non-hydrogen) atoms. The van der Waals surface area contributed by atoms with Crippen LogP contribution < -0.4 is 0 Å². The zero-order valence-corrected chi connectivity index (χ0v) is 19.2. The number of hydrogen-bond acceptors (Lipinski definition) is 4. The lowest BCUT2D eigenvalue weighted by molar-refractivity contribution is 0.0987. The molecule has 1 aromatic carbocycles. The zero-order valence-electron chi connectivity index (χ0n) is 19.2. The summed E-state index contributed by atoms with van der Waals surface area (Å²) in [6.07, 6.45) is 6.67. The highest BCUT2D eigenvalue weighted by atomic mass is 19.1. The van der Waals surface area contributed by atoms with Crippen molar-refractivity contribution in [1.82, 2.24) is 9.97 Å². The third-order valence-corrected chi connectivity index (χ3v) is 6.56. The van der Waals surface area contributed by atoms with E-state index in [1.807, 2.05) is 6.07 Å². The molecule has 7 heteroatoms. The van der Waals surface area contributed by atoms with Gasteiger partial charge in [-0.05, 0) is 84.0 Å². The van der Waals surface area contributed by atoms with Crippen molar-refractivity contribution in [2.75, 3.05) is 0 Å². The summed E-state index contributed by atoms with van der Waals surface area (Å²) in [7, 11) is 0. The van der Waals surface area contributed by atoms with Crippen LogP contribution in [0.25, 0.3) is 11.3 Å². The molecule has 1 N–H and O–H groups in total. The predicted octanol–water partition coefficient (Wildman–Crippen LogP) is 6.02. The Morgan fingerprint density at radius 2 is 1.68 bits per heavy atom. The van der Waals surface area contributed by atoms with Gasteiger partial charge in [-0.25, -0.2) is 18.2 Å². The van der Waals surface area contributed by atoms with Crippen LogP contribution in [0.5, 0.6) is 0 Å². The van der Waals surface area contributed by atoms with Crippen molar-refractivity contribution in [2.45, 2.75) is 52.1 Å². The highest BCUT2D eigenvalue weighted by Gasteiger charge is 2.27. The first-order chi connectivity index (χ1) is 16.3. The van der Waals surface area contributed by atoms with Crippen LogP contribution in [0.2, 0.25) is 0 Å². The van der Waals surface area contributed by atoms with Gasteiger partial charge in [-0.2, -0.15) is 0 Å². The van der Waals surface area contributed by atoms with Crippen LogP contribution in [-0.2, 0) is 13.0 Å². The normalized spacial score (nSPS) is 20.4. The van der Waals surface area contributed by atoms with Gasteiger partial charge in [0, 0.05) is 18.8 Å². The molecule has 2 aromatic heterocycles. The number of ketones is 1. The lowest BCUT2D eigenvalue weighted by atomic mass is 9.73. The minimum absolute atomic E-state index is 0.00885. The summed E-state index contributed by atoms with van der Waals surface area (Å²) >= 11 is 0. The van der Waals surface area contributed by atoms with E-state index in [4.69, 9.17) is 5.11 Å². The number of hydrogen-bond donors (Lipinski definition) is 1. The first kappa shape index (κ1) is 24.1. The number of Topliss-reactive ketones (excluding diaryl/α,β-unsaturated/α-hetero) is 1. The fourth-order valence-corrected chi connectivity index (χ4v) is 5.16. The number of aliphatic hydroxyl groups is 1. The molecular formula is C27H27F3N2O2. The first-order valence-electron chi connectivity index (χ1n) is 11.5. The quantitative estimate of drug-likeness (QED) is 0.450. The highest BCUT2D eigenvalue weighted by Crippen LogP contribution is 2.40. The van der Waals surface area contributed by atoms with Gasteiger partial charge >= 0.3 is 0 Å². The van der Waals surface area contributed by atoms with Crippen molar-refractivity contribution in [2.24, 2.45) is 11.8 Å². The summed E-state index contributed by atoms with van der Waals surface area (Å²) in [5.41, 5.74) is 0.559. The van der Waals surface area contributed by atoms with E-state index in [0.29, 0.717) is 17.8 Å². The molecule has 3 atom stereocenters. The Labute approximate surface area is 196 Å². The predicted molar refractivity (Wildman–Crippen MR) is 123 cm³/mol. The summed E-state index contributed by atoms with van der Waals surface area (Å²) in [5.74, 6) is -1.94. The molecule has 178 valence electrons. The van der Waals surface area contributed by atoms with E-state index in [1.54, 1.807) is 12.4 Å². The summed E-state index contributed by atoms with van der Waals surface area (Å²) < 4.78 is 43.5. The number of halogens is 3. The van der Waals surface area contributed by atoms with Gasteiger partial charge in [0.05, 0.1) is 12.2 Å². The number of rotatable bonds is 6. The van der Waals surface area contributed by atoms with Gasteiger partial charge in [0.15, 0.2) is 5.78 Å².